The summed E-state index contributed by atoms with van der Waals surface area (Å²) in [5.74, 6) is -0.140. The Balaban J connectivity index is 1.50. The Kier molecular flexibility index (Phi) is 7.15. The van der Waals surface area contributed by atoms with E-state index in [1.165, 1.54) is 30.1 Å². The molecular formula is C24H20ClN5O3S. The maximum atomic E-state index is 12.3. The quantitative estimate of drug-likeness (QED) is 0.151. The second-order valence-corrected chi connectivity index (χ2v) is 8.69. The van der Waals surface area contributed by atoms with Gasteiger partial charge in [0.15, 0.2) is 22.5 Å². The lowest BCUT2D eigenvalue weighted by Gasteiger charge is -2.10. The number of nitrogens with zero attached hydrogens (tertiary/aromatic N) is 4. The summed E-state index contributed by atoms with van der Waals surface area (Å²) in [7, 11) is 0. The third-order valence-corrected chi connectivity index (χ3v) is 5.94. The van der Waals surface area contributed by atoms with Crippen LogP contribution in [0, 0.1) is 6.92 Å². The summed E-state index contributed by atoms with van der Waals surface area (Å²) in [4.78, 5) is 12.3. The van der Waals surface area contributed by atoms with Crippen molar-refractivity contribution in [3.05, 3.63) is 82.9 Å². The van der Waals surface area contributed by atoms with Crippen molar-refractivity contribution in [2.45, 2.75) is 12.1 Å². The van der Waals surface area contributed by atoms with E-state index in [-0.39, 0.29) is 23.2 Å². The van der Waals surface area contributed by atoms with Crippen LogP contribution in [0.4, 0.5) is 0 Å². The molecule has 172 valence electrons. The van der Waals surface area contributed by atoms with E-state index in [2.05, 4.69) is 20.7 Å². The molecule has 0 fully saturated rings. The molecule has 0 aliphatic carbocycles. The number of rotatable bonds is 7. The molecule has 0 bridgehead atoms. The van der Waals surface area contributed by atoms with E-state index in [0.29, 0.717) is 21.6 Å². The predicted octanol–water partition coefficient (Wildman–Crippen LogP) is 4.55. The predicted molar refractivity (Wildman–Crippen MR) is 133 cm³/mol. The van der Waals surface area contributed by atoms with Gasteiger partial charge in [0, 0.05) is 16.3 Å². The number of hydrazone groups is 1. The zero-order chi connectivity index (χ0) is 24.1. The van der Waals surface area contributed by atoms with Crippen LogP contribution in [0.25, 0.3) is 17.1 Å². The lowest BCUT2D eigenvalue weighted by Crippen LogP contribution is -2.20. The molecule has 1 amide bonds. The standard InChI is InChI=1S/C24H20ClN5O3S/c1-15-2-9-19(10-3-15)30-23(17-5-7-18(25)8-6-17)28-29-24(30)34-14-22(33)27-26-13-16-4-11-20(31)21(32)12-16/h2-13,31-32H,14H2,1H3,(H,27,33). The van der Waals surface area contributed by atoms with E-state index < -0.39 is 0 Å². The zero-order valence-corrected chi connectivity index (χ0v) is 19.6. The molecule has 0 aliphatic heterocycles. The Morgan fingerprint density at radius 3 is 2.50 bits per heavy atom. The first-order valence-electron chi connectivity index (χ1n) is 10.2. The Labute approximate surface area is 204 Å². The number of thioether (sulfide) groups is 1. The van der Waals surface area contributed by atoms with Crippen LogP contribution in [0.15, 0.2) is 77.0 Å². The van der Waals surface area contributed by atoms with Crippen molar-refractivity contribution in [2.24, 2.45) is 5.10 Å². The number of aromatic hydroxyl groups is 2. The first kappa shape index (κ1) is 23.3. The highest BCUT2D eigenvalue weighted by molar-refractivity contribution is 7.99. The number of phenolic OH excluding ortho intramolecular Hbond substituents is 2. The minimum Gasteiger partial charge on any atom is -0.504 e. The summed E-state index contributed by atoms with van der Waals surface area (Å²) in [5.41, 5.74) is 5.80. The van der Waals surface area contributed by atoms with Gasteiger partial charge in [-0.15, -0.1) is 10.2 Å². The summed E-state index contributed by atoms with van der Waals surface area (Å²) >= 11 is 7.26. The third kappa shape index (κ3) is 5.56. The van der Waals surface area contributed by atoms with Crippen molar-refractivity contribution in [2.75, 3.05) is 5.75 Å². The number of amides is 1. The molecule has 0 unspecified atom stereocenters. The molecule has 0 aliphatic rings. The van der Waals surface area contributed by atoms with Crippen molar-refractivity contribution in [1.29, 1.82) is 0 Å². The molecule has 4 aromatic rings. The van der Waals surface area contributed by atoms with Gasteiger partial charge in [0.25, 0.3) is 5.91 Å². The normalized spacial score (nSPS) is 11.1. The molecule has 10 heteroatoms. The fourth-order valence-electron chi connectivity index (χ4n) is 3.04. The first-order valence-corrected chi connectivity index (χ1v) is 11.5. The van der Waals surface area contributed by atoms with Gasteiger partial charge < -0.3 is 10.2 Å². The van der Waals surface area contributed by atoms with Crippen molar-refractivity contribution in [3.8, 4) is 28.6 Å². The van der Waals surface area contributed by atoms with Crippen molar-refractivity contribution in [1.82, 2.24) is 20.2 Å². The molecule has 1 heterocycles. The number of carbonyl (C=O) groups is 1. The number of benzene rings is 3. The minimum absolute atomic E-state index is 0.0583. The zero-order valence-electron chi connectivity index (χ0n) is 18.0. The van der Waals surface area contributed by atoms with Gasteiger partial charge in [-0.05, 0) is 67.1 Å². The van der Waals surface area contributed by atoms with Gasteiger partial charge in [0.1, 0.15) is 0 Å². The van der Waals surface area contributed by atoms with Gasteiger partial charge in [-0.25, -0.2) is 5.43 Å². The SMILES string of the molecule is Cc1ccc(-n2c(SCC(=O)NN=Cc3ccc(O)c(O)c3)nnc2-c2ccc(Cl)cc2)cc1. The van der Waals surface area contributed by atoms with Crippen molar-refractivity contribution in [3.63, 3.8) is 0 Å². The summed E-state index contributed by atoms with van der Waals surface area (Å²) < 4.78 is 1.89. The van der Waals surface area contributed by atoms with Crippen molar-refractivity contribution < 1.29 is 15.0 Å². The number of aromatic nitrogens is 3. The van der Waals surface area contributed by atoms with E-state index in [0.717, 1.165) is 16.8 Å². The molecular weight excluding hydrogens is 474 g/mol. The number of hydrogen-bond donors (Lipinski definition) is 3. The third-order valence-electron chi connectivity index (χ3n) is 4.76. The molecule has 4 rings (SSSR count). The Hall–Kier alpha value is -3.82. The summed E-state index contributed by atoms with van der Waals surface area (Å²) in [6.07, 6.45) is 1.37. The van der Waals surface area contributed by atoms with Crippen LogP contribution in [0.3, 0.4) is 0 Å². The highest BCUT2D eigenvalue weighted by Gasteiger charge is 2.17. The van der Waals surface area contributed by atoms with Gasteiger partial charge >= 0.3 is 0 Å². The average Bonchev–Trinajstić information content (AvgIpc) is 3.25. The van der Waals surface area contributed by atoms with Crippen LogP contribution >= 0.6 is 23.4 Å². The first-order chi connectivity index (χ1) is 16.4. The maximum Gasteiger partial charge on any atom is 0.250 e. The van der Waals surface area contributed by atoms with Crippen LogP contribution in [0.2, 0.25) is 5.02 Å². The second kappa shape index (κ2) is 10.4. The Bertz CT molecular complexity index is 1340. The van der Waals surface area contributed by atoms with E-state index in [1.54, 1.807) is 18.2 Å². The van der Waals surface area contributed by atoms with Gasteiger partial charge in [-0.3, -0.25) is 9.36 Å². The van der Waals surface area contributed by atoms with Crippen LogP contribution < -0.4 is 5.43 Å². The molecule has 34 heavy (non-hydrogen) atoms. The van der Waals surface area contributed by atoms with Crippen LogP contribution in [0.5, 0.6) is 11.5 Å². The highest BCUT2D eigenvalue weighted by atomic mass is 35.5. The maximum absolute atomic E-state index is 12.3. The van der Waals surface area contributed by atoms with E-state index in [9.17, 15) is 15.0 Å². The molecule has 8 nitrogen and oxygen atoms in total. The van der Waals surface area contributed by atoms with E-state index >= 15 is 0 Å². The summed E-state index contributed by atoms with van der Waals surface area (Å²) in [6, 6.07) is 19.5. The van der Waals surface area contributed by atoms with E-state index in [4.69, 9.17) is 11.6 Å². The largest absolute Gasteiger partial charge is 0.504 e. The Morgan fingerprint density at radius 2 is 1.79 bits per heavy atom. The van der Waals surface area contributed by atoms with Gasteiger partial charge in [-0.1, -0.05) is 41.1 Å². The lowest BCUT2D eigenvalue weighted by atomic mass is 10.2. The van der Waals surface area contributed by atoms with Crippen LogP contribution in [-0.4, -0.2) is 42.9 Å². The highest BCUT2D eigenvalue weighted by Crippen LogP contribution is 2.29. The van der Waals surface area contributed by atoms with E-state index in [1.807, 2.05) is 47.9 Å². The number of halogens is 1. The average molecular weight is 494 g/mol. The number of phenols is 2. The molecule has 0 spiro atoms. The van der Waals surface area contributed by atoms with Gasteiger partial charge in [-0.2, -0.15) is 5.10 Å². The number of aryl methyl sites for hydroxylation is 1. The second-order valence-electron chi connectivity index (χ2n) is 7.31. The molecule has 0 atom stereocenters. The van der Waals surface area contributed by atoms with Gasteiger partial charge in [0.2, 0.25) is 0 Å². The number of carbonyl (C=O) groups excluding carboxylic acids is 1. The van der Waals surface area contributed by atoms with Crippen molar-refractivity contribution >= 4 is 35.5 Å². The molecule has 3 N–H and O–H groups in total. The summed E-state index contributed by atoms with van der Waals surface area (Å²) in [6.45, 7) is 2.01. The van der Waals surface area contributed by atoms with Crippen LogP contribution in [-0.2, 0) is 4.79 Å². The molecule has 0 saturated heterocycles. The van der Waals surface area contributed by atoms with Crippen LogP contribution in [0.1, 0.15) is 11.1 Å². The fraction of sp³-hybridized carbons (Fsp3) is 0.0833. The molecule has 3 aromatic carbocycles. The smallest absolute Gasteiger partial charge is 0.250 e. The molecule has 0 radical (unpaired) electrons. The fourth-order valence-corrected chi connectivity index (χ4v) is 3.91. The topological polar surface area (TPSA) is 113 Å². The number of hydrogen-bond acceptors (Lipinski definition) is 7. The monoisotopic (exact) mass is 493 g/mol. The molecule has 1 aromatic heterocycles. The molecule has 0 saturated carbocycles. The minimum atomic E-state index is -0.337. The Morgan fingerprint density at radius 1 is 1.06 bits per heavy atom. The lowest BCUT2D eigenvalue weighted by molar-refractivity contribution is -0.118. The number of nitrogens with one attached hydrogen (secondary N) is 1. The summed E-state index contributed by atoms with van der Waals surface area (Å²) in [5, 5.41) is 32.6. The van der Waals surface area contributed by atoms with Gasteiger partial charge in [0.05, 0.1) is 12.0 Å².